The van der Waals surface area contributed by atoms with Gasteiger partial charge in [0.1, 0.15) is 0 Å². The maximum Gasteiger partial charge on any atom is 0.243 e. The Kier molecular flexibility index (Phi) is 6.40. The molecule has 0 bridgehead atoms. The Morgan fingerprint density at radius 3 is 2.29 bits per heavy atom. The van der Waals surface area contributed by atoms with Crippen molar-refractivity contribution < 1.29 is 13.2 Å². The molecule has 2 rings (SSSR count). The first-order valence-corrected chi connectivity index (χ1v) is 9.63. The minimum absolute atomic E-state index is 0.138. The van der Waals surface area contributed by atoms with E-state index in [1.807, 2.05) is 0 Å². The van der Waals surface area contributed by atoms with Crippen LogP contribution in [0.25, 0.3) is 0 Å². The van der Waals surface area contributed by atoms with Gasteiger partial charge in [0.25, 0.3) is 0 Å². The highest BCUT2D eigenvalue weighted by atomic mass is 79.9. The van der Waals surface area contributed by atoms with Gasteiger partial charge in [-0.3, -0.25) is 4.79 Å². The number of nitrogens with zero attached hydrogens (tertiary/aromatic N) is 1. The van der Waals surface area contributed by atoms with Crippen molar-refractivity contribution in [1.29, 1.82) is 0 Å². The first-order chi connectivity index (χ1) is 11.3. The van der Waals surface area contributed by atoms with Gasteiger partial charge in [0, 0.05) is 23.1 Å². The molecule has 2 aromatic rings. The number of likely N-dealkylation sites (N-methyl/N-ethyl adjacent to an activating group) is 1. The number of hydrogen-bond acceptors (Lipinski definition) is 3. The van der Waals surface area contributed by atoms with Gasteiger partial charge in [0.05, 0.1) is 11.4 Å². The number of rotatable bonds is 6. The fraction of sp³-hybridized carbons (Fsp3) is 0.188. The van der Waals surface area contributed by atoms with Crippen LogP contribution in [0.1, 0.15) is 5.56 Å². The van der Waals surface area contributed by atoms with Crippen molar-refractivity contribution in [2.45, 2.75) is 11.4 Å². The molecule has 24 heavy (non-hydrogen) atoms. The summed E-state index contributed by atoms with van der Waals surface area (Å²) in [6.45, 7) is 0.0498. The van der Waals surface area contributed by atoms with Crippen molar-refractivity contribution in [3.05, 3.63) is 63.6 Å². The quantitative estimate of drug-likeness (QED) is 0.764. The predicted molar refractivity (Wildman–Crippen MR) is 97.3 cm³/mol. The number of sulfonamides is 1. The zero-order valence-corrected chi connectivity index (χ0v) is 16.0. The largest absolute Gasteiger partial charge is 0.351 e. The van der Waals surface area contributed by atoms with Crippen molar-refractivity contribution >= 4 is 43.5 Å². The minimum Gasteiger partial charge on any atom is -0.351 e. The van der Waals surface area contributed by atoms with E-state index in [1.165, 1.54) is 19.2 Å². The van der Waals surface area contributed by atoms with Crippen molar-refractivity contribution in [3.63, 3.8) is 0 Å². The summed E-state index contributed by atoms with van der Waals surface area (Å²) in [7, 11) is -2.33. The van der Waals surface area contributed by atoms with Gasteiger partial charge in [-0.05, 0) is 42.0 Å². The molecule has 0 heterocycles. The topological polar surface area (TPSA) is 66.5 Å². The fourth-order valence-corrected chi connectivity index (χ4v) is 3.45. The smallest absolute Gasteiger partial charge is 0.243 e. The Hall–Kier alpha value is -1.41. The number of carbonyl (C=O) groups excluding carboxylic acids is 1. The average molecular weight is 432 g/mol. The minimum atomic E-state index is -3.71. The summed E-state index contributed by atoms with van der Waals surface area (Å²) < 4.78 is 26.6. The van der Waals surface area contributed by atoms with E-state index >= 15 is 0 Å². The molecule has 5 nitrogen and oxygen atoms in total. The lowest BCUT2D eigenvalue weighted by molar-refractivity contribution is -0.121. The van der Waals surface area contributed by atoms with Gasteiger partial charge in [-0.15, -0.1) is 0 Å². The van der Waals surface area contributed by atoms with Gasteiger partial charge >= 0.3 is 0 Å². The molecule has 0 aliphatic carbocycles. The van der Waals surface area contributed by atoms with Gasteiger partial charge in [0.15, 0.2) is 0 Å². The van der Waals surface area contributed by atoms with Crippen LogP contribution in [0.2, 0.25) is 5.02 Å². The van der Waals surface area contributed by atoms with Crippen molar-refractivity contribution in [2.24, 2.45) is 0 Å². The highest BCUT2D eigenvalue weighted by Gasteiger charge is 2.22. The maximum atomic E-state index is 12.4. The molecule has 0 unspecified atom stereocenters. The van der Waals surface area contributed by atoms with Gasteiger partial charge < -0.3 is 5.32 Å². The number of benzene rings is 2. The summed E-state index contributed by atoms with van der Waals surface area (Å²) in [4.78, 5) is 12.1. The third kappa shape index (κ3) is 5.04. The molecular weight excluding hydrogens is 416 g/mol. The maximum absolute atomic E-state index is 12.4. The van der Waals surface area contributed by atoms with Crippen LogP contribution in [0.4, 0.5) is 0 Å². The van der Waals surface area contributed by atoms with Crippen LogP contribution in [0.5, 0.6) is 0 Å². The SMILES string of the molecule is CN(CC(=O)NCc1ccc(Cl)cc1)S(=O)(=O)c1ccc(Br)cc1. The first kappa shape index (κ1) is 18.9. The summed E-state index contributed by atoms with van der Waals surface area (Å²) in [6, 6.07) is 13.3. The molecule has 0 saturated heterocycles. The molecule has 0 aliphatic rings. The lowest BCUT2D eigenvalue weighted by atomic mass is 10.2. The van der Waals surface area contributed by atoms with Crippen molar-refractivity contribution in [3.8, 4) is 0 Å². The van der Waals surface area contributed by atoms with E-state index in [1.54, 1.807) is 36.4 Å². The Morgan fingerprint density at radius 2 is 1.71 bits per heavy atom. The third-order valence-electron chi connectivity index (χ3n) is 3.29. The third-order valence-corrected chi connectivity index (χ3v) is 5.89. The summed E-state index contributed by atoms with van der Waals surface area (Å²) in [5.41, 5.74) is 0.881. The summed E-state index contributed by atoms with van der Waals surface area (Å²) >= 11 is 9.05. The molecular formula is C16H16BrClN2O3S. The summed E-state index contributed by atoms with van der Waals surface area (Å²) in [6.07, 6.45) is 0. The molecule has 0 aromatic heterocycles. The Bertz CT molecular complexity index is 808. The molecule has 128 valence electrons. The normalized spacial score (nSPS) is 11.5. The fourth-order valence-electron chi connectivity index (χ4n) is 1.93. The van der Waals surface area contributed by atoms with Gasteiger partial charge in [-0.25, -0.2) is 8.42 Å². The van der Waals surface area contributed by atoms with Gasteiger partial charge in [-0.1, -0.05) is 39.7 Å². The molecule has 0 atom stereocenters. The van der Waals surface area contributed by atoms with E-state index in [0.717, 1.165) is 14.3 Å². The highest BCUT2D eigenvalue weighted by molar-refractivity contribution is 9.10. The molecule has 0 spiro atoms. The second-order valence-electron chi connectivity index (χ2n) is 5.12. The van der Waals surface area contributed by atoms with Gasteiger partial charge in [0.2, 0.25) is 15.9 Å². The molecule has 0 fully saturated rings. The molecule has 1 N–H and O–H groups in total. The molecule has 2 aromatic carbocycles. The Morgan fingerprint density at radius 1 is 1.12 bits per heavy atom. The van der Waals surface area contributed by atoms with Crippen LogP contribution in [0.3, 0.4) is 0 Å². The van der Waals surface area contributed by atoms with Crippen LogP contribution >= 0.6 is 27.5 Å². The summed E-state index contributed by atoms with van der Waals surface area (Å²) in [5, 5.41) is 3.30. The zero-order chi connectivity index (χ0) is 17.7. The first-order valence-electron chi connectivity index (χ1n) is 7.02. The number of halogens is 2. The lowest BCUT2D eigenvalue weighted by Crippen LogP contribution is -2.38. The molecule has 8 heteroatoms. The van der Waals surface area contributed by atoms with E-state index in [-0.39, 0.29) is 17.3 Å². The Balaban J connectivity index is 1.95. The van der Waals surface area contributed by atoms with Gasteiger partial charge in [-0.2, -0.15) is 4.31 Å². The molecule has 1 amide bonds. The standard InChI is InChI=1S/C16H16BrClN2O3S/c1-20(24(22,23)15-8-4-13(17)5-9-15)11-16(21)19-10-12-2-6-14(18)7-3-12/h2-9H,10-11H2,1H3,(H,19,21). The van der Waals surface area contributed by atoms with Crippen LogP contribution < -0.4 is 5.32 Å². The molecule has 0 saturated carbocycles. The summed E-state index contributed by atoms with van der Waals surface area (Å²) in [5.74, 6) is -0.381. The monoisotopic (exact) mass is 430 g/mol. The number of amides is 1. The molecule has 0 aliphatic heterocycles. The number of carbonyl (C=O) groups is 1. The van der Waals surface area contributed by atoms with E-state index in [9.17, 15) is 13.2 Å². The Labute approximate surface area is 154 Å². The number of nitrogens with one attached hydrogen (secondary N) is 1. The average Bonchev–Trinajstić information content (AvgIpc) is 2.54. The number of hydrogen-bond donors (Lipinski definition) is 1. The highest BCUT2D eigenvalue weighted by Crippen LogP contribution is 2.17. The van der Waals surface area contributed by atoms with E-state index < -0.39 is 10.0 Å². The van der Waals surface area contributed by atoms with E-state index in [4.69, 9.17) is 11.6 Å². The predicted octanol–water partition coefficient (Wildman–Crippen LogP) is 3.04. The second kappa shape index (κ2) is 8.11. The second-order valence-corrected chi connectivity index (χ2v) is 8.52. The van der Waals surface area contributed by atoms with Crippen LogP contribution in [-0.4, -0.2) is 32.2 Å². The van der Waals surface area contributed by atoms with E-state index in [2.05, 4.69) is 21.2 Å². The van der Waals surface area contributed by atoms with Crippen molar-refractivity contribution in [2.75, 3.05) is 13.6 Å². The van der Waals surface area contributed by atoms with Crippen LogP contribution in [0.15, 0.2) is 57.9 Å². The van der Waals surface area contributed by atoms with Crippen LogP contribution in [-0.2, 0) is 21.4 Å². The van der Waals surface area contributed by atoms with E-state index in [0.29, 0.717) is 11.6 Å². The molecule has 0 radical (unpaired) electrons. The zero-order valence-electron chi connectivity index (χ0n) is 12.9. The lowest BCUT2D eigenvalue weighted by Gasteiger charge is -2.17. The van der Waals surface area contributed by atoms with Crippen molar-refractivity contribution in [1.82, 2.24) is 9.62 Å². The van der Waals surface area contributed by atoms with Crippen LogP contribution in [0, 0.1) is 0 Å².